The maximum absolute atomic E-state index is 14.5. The molecule has 0 spiro atoms. The average Bonchev–Trinajstić information content (AvgIpc) is 3.16. The lowest BCUT2D eigenvalue weighted by atomic mass is 9.86. The molecule has 8 heteroatoms. The van der Waals surface area contributed by atoms with Gasteiger partial charge in [0, 0.05) is 38.7 Å². The number of fused-ring (bicyclic) bond motifs is 1. The molecular formula is C21H22FNO5S. The Labute approximate surface area is 168 Å². The van der Waals surface area contributed by atoms with E-state index in [1.54, 1.807) is 19.2 Å². The maximum atomic E-state index is 14.5. The first-order valence-corrected chi connectivity index (χ1v) is 10.9. The Morgan fingerprint density at radius 2 is 1.86 bits per heavy atom. The molecule has 0 radical (unpaired) electrons. The number of sulfone groups is 1. The fourth-order valence-electron chi connectivity index (χ4n) is 4.15. The number of benzene rings is 2. The largest absolute Gasteiger partial charge is 0.411 e. The molecule has 0 atom stereocenters. The summed E-state index contributed by atoms with van der Waals surface area (Å²) in [6, 6.07) is 8.56. The molecule has 4 rings (SSSR count). The molecule has 6 nitrogen and oxygen atoms in total. The van der Waals surface area contributed by atoms with Gasteiger partial charge < -0.3 is 14.7 Å². The van der Waals surface area contributed by atoms with Crippen molar-refractivity contribution in [2.24, 2.45) is 5.16 Å². The van der Waals surface area contributed by atoms with E-state index >= 15 is 0 Å². The van der Waals surface area contributed by atoms with Crippen molar-refractivity contribution in [1.82, 2.24) is 0 Å². The second-order valence-corrected chi connectivity index (χ2v) is 9.31. The van der Waals surface area contributed by atoms with Crippen molar-refractivity contribution < 1.29 is 27.5 Å². The monoisotopic (exact) mass is 419 g/mol. The number of hydrogen-bond acceptors (Lipinski definition) is 6. The van der Waals surface area contributed by atoms with Crippen molar-refractivity contribution in [1.29, 1.82) is 0 Å². The standard InChI is InChI=1S/C21H22FNO5S/c1-27-21(6-8-28-9-7-21)15-11-16(22)13-18(12-15)29(25,26)17-3-4-19-14(10-17)2-5-20(19)23-24/h3-4,10-13,24H,2,5-9H2,1H3. The Kier molecular flexibility index (Phi) is 5.18. The zero-order chi connectivity index (χ0) is 20.6. The number of halogens is 1. The molecule has 1 N–H and O–H groups in total. The molecule has 1 fully saturated rings. The number of rotatable bonds is 4. The van der Waals surface area contributed by atoms with Crippen LogP contribution in [-0.2, 0) is 31.3 Å². The van der Waals surface area contributed by atoms with E-state index in [1.165, 1.54) is 18.2 Å². The fourth-order valence-corrected chi connectivity index (χ4v) is 5.51. The Morgan fingerprint density at radius 3 is 2.55 bits per heavy atom. The number of hydrogen-bond donors (Lipinski definition) is 1. The van der Waals surface area contributed by atoms with Crippen LogP contribution in [0.2, 0.25) is 0 Å². The molecule has 0 amide bonds. The number of ether oxygens (including phenoxy) is 2. The molecule has 2 aromatic carbocycles. The first kappa shape index (κ1) is 20.0. The van der Waals surface area contributed by atoms with Crippen LogP contribution in [0.5, 0.6) is 0 Å². The summed E-state index contributed by atoms with van der Waals surface area (Å²) in [5.74, 6) is -0.625. The lowest BCUT2D eigenvalue weighted by Gasteiger charge is -2.36. The summed E-state index contributed by atoms with van der Waals surface area (Å²) in [4.78, 5) is -0.0187. The van der Waals surface area contributed by atoms with Gasteiger partial charge in [-0.2, -0.15) is 0 Å². The summed E-state index contributed by atoms with van der Waals surface area (Å²) in [7, 11) is -2.39. The average molecular weight is 419 g/mol. The van der Waals surface area contributed by atoms with E-state index in [0.29, 0.717) is 50.2 Å². The van der Waals surface area contributed by atoms with Crippen LogP contribution < -0.4 is 0 Å². The lowest BCUT2D eigenvalue weighted by molar-refractivity contribution is -0.0950. The van der Waals surface area contributed by atoms with Crippen LogP contribution in [0.15, 0.2) is 51.3 Å². The van der Waals surface area contributed by atoms with Gasteiger partial charge in [-0.3, -0.25) is 0 Å². The molecule has 1 aliphatic heterocycles. The summed E-state index contributed by atoms with van der Waals surface area (Å²) < 4.78 is 52.0. The van der Waals surface area contributed by atoms with Crippen molar-refractivity contribution in [3.05, 3.63) is 58.9 Å². The maximum Gasteiger partial charge on any atom is 0.206 e. The van der Waals surface area contributed by atoms with Gasteiger partial charge in [-0.25, -0.2) is 12.8 Å². The Balaban J connectivity index is 1.77. The van der Waals surface area contributed by atoms with Crippen LogP contribution in [0, 0.1) is 5.82 Å². The third-order valence-electron chi connectivity index (χ3n) is 5.85. The van der Waals surface area contributed by atoms with Crippen molar-refractivity contribution in [2.45, 2.75) is 41.1 Å². The molecule has 154 valence electrons. The van der Waals surface area contributed by atoms with E-state index in [2.05, 4.69) is 5.16 Å². The van der Waals surface area contributed by atoms with Crippen molar-refractivity contribution in [2.75, 3.05) is 20.3 Å². The third-order valence-corrected chi connectivity index (χ3v) is 7.58. The van der Waals surface area contributed by atoms with Gasteiger partial charge >= 0.3 is 0 Å². The Hall–Kier alpha value is -2.29. The van der Waals surface area contributed by atoms with E-state index in [9.17, 15) is 12.8 Å². The molecule has 2 aliphatic rings. The molecule has 1 saturated heterocycles. The topological polar surface area (TPSA) is 85.2 Å². The van der Waals surface area contributed by atoms with E-state index in [1.807, 2.05) is 0 Å². The van der Waals surface area contributed by atoms with Crippen LogP contribution in [0.1, 0.15) is 36.0 Å². The third kappa shape index (κ3) is 3.45. The fraction of sp³-hybridized carbons (Fsp3) is 0.381. The predicted molar refractivity (Wildman–Crippen MR) is 104 cm³/mol. The quantitative estimate of drug-likeness (QED) is 0.606. The highest BCUT2D eigenvalue weighted by Gasteiger charge is 2.36. The van der Waals surface area contributed by atoms with Crippen LogP contribution >= 0.6 is 0 Å². The molecule has 2 aromatic rings. The molecule has 1 heterocycles. The summed E-state index contributed by atoms with van der Waals surface area (Å²) in [6.07, 6.45) is 2.19. The highest BCUT2D eigenvalue weighted by Crippen LogP contribution is 2.38. The normalized spacial score (nSPS) is 20.0. The zero-order valence-corrected chi connectivity index (χ0v) is 16.8. The van der Waals surface area contributed by atoms with Gasteiger partial charge in [-0.15, -0.1) is 0 Å². The minimum Gasteiger partial charge on any atom is -0.411 e. The molecule has 1 aliphatic carbocycles. The van der Waals surface area contributed by atoms with E-state index < -0.39 is 21.3 Å². The highest BCUT2D eigenvalue weighted by molar-refractivity contribution is 7.91. The first-order chi connectivity index (χ1) is 13.9. The number of aryl methyl sites for hydroxylation is 1. The number of nitrogens with zero attached hydrogens (tertiary/aromatic N) is 1. The summed E-state index contributed by atoms with van der Waals surface area (Å²) in [5, 5.41) is 12.3. The van der Waals surface area contributed by atoms with Gasteiger partial charge in [0.15, 0.2) is 0 Å². The van der Waals surface area contributed by atoms with Crippen molar-refractivity contribution >= 4 is 15.5 Å². The SMILES string of the molecule is COC1(c2cc(F)cc(S(=O)(=O)c3ccc4c(c3)CCC4=NO)c2)CCOCC1. The van der Waals surface area contributed by atoms with Gasteiger partial charge in [0.05, 0.1) is 21.1 Å². The predicted octanol–water partition coefficient (Wildman–Crippen LogP) is 3.44. The van der Waals surface area contributed by atoms with Gasteiger partial charge in [0.1, 0.15) is 5.82 Å². The summed E-state index contributed by atoms with van der Waals surface area (Å²) in [5.41, 5.74) is 1.81. The van der Waals surface area contributed by atoms with Gasteiger partial charge in [0.25, 0.3) is 0 Å². The minimum atomic E-state index is -3.93. The van der Waals surface area contributed by atoms with Crippen LogP contribution in [0.25, 0.3) is 0 Å². The second-order valence-electron chi connectivity index (χ2n) is 7.36. The summed E-state index contributed by atoms with van der Waals surface area (Å²) in [6.45, 7) is 0.929. The van der Waals surface area contributed by atoms with Crippen LogP contribution in [-0.4, -0.2) is 39.7 Å². The van der Waals surface area contributed by atoms with Gasteiger partial charge in [0.2, 0.25) is 9.84 Å². The molecule has 0 aromatic heterocycles. The minimum absolute atomic E-state index is 0.0884. The number of methoxy groups -OCH3 is 1. The van der Waals surface area contributed by atoms with E-state index in [-0.39, 0.29) is 9.79 Å². The molecule has 0 bridgehead atoms. The zero-order valence-electron chi connectivity index (χ0n) is 16.0. The Morgan fingerprint density at radius 1 is 1.10 bits per heavy atom. The van der Waals surface area contributed by atoms with E-state index in [0.717, 1.165) is 17.2 Å². The molecule has 0 unspecified atom stereocenters. The smallest absolute Gasteiger partial charge is 0.206 e. The lowest BCUT2D eigenvalue weighted by Crippen LogP contribution is -2.35. The first-order valence-electron chi connectivity index (χ1n) is 9.43. The molecule has 29 heavy (non-hydrogen) atoms. The van der Waals surface area contributed by atoms with Gasteiger partial charge in [-0.1, -0.05) is 11.2 Å². The Bertz CT molecular complexity index is 1070. The van der Waals surface area contributed by atoms with Crippen LogP contribution in [0.4, 0.5) is 4.39 Å². The van der Waals surface area contributed by atoms with Crippen LogP contribution in [0.3, 0.4) is 0 Å². The summed E-state index contributed by atoms with van der Waals surface area (Å²) >= 11 is 0. The van der Waals surface area contributed by atoms with Crippen molar-refractivity contribution in [3.8, 4) is 0 Å². The highest BCUT2D eigenvalue weighted by atomic mass is 32.2. The van der Waals surface area contributed by atoms with E-state index in [4.69, 9.17) is 14.7 Å². The van der Waals surface area contributed by atoms with Gasteiger partial charge in [-0.05, 0) is 54.3 Å². The molecular weight excluding hydrogens is 397 g/mol. The number of oxime groups is 1. The second kappa shape index (κ2) is 7.51. The molecule has 0 saturated carbocycles. The van der Waals surface area contributed by atoms with Crippen molar-refractivity contribution in [3.63, 3.8) is 0 Å².